The Morgan fingerprint density at radius 3 is 2.78 bits per heavy atom. The largest absolute Gasteiger partial charge is 0.492 e. The molecule has 3 aromatic heterocycles. The van der Waals surface area contributed by atoms with Crippen LogP contribution in [0.2, 0.25) is 0 Å². The van der Waals surface area contributed by atoms with Crippen LogP contribution >= 0.6 is 0 Å². The topological polar surface area (TPSA) is 98.4 Å². The number of imidazole rings is 1. The van der Waals surface area contributed by atoms with Gasteiger partial charge in [-0.05, 0) is 45.0 Å². The van der Waals surface area contributed by atoms with E-state index < -0.39 is 5.97 Å². The molecule has 0 spiro atoms. The summed E-state index contributed by atoms with van der Waals surface area (Å²) in [6.07, 6.45) is 6.96. The highest BCUT2D eigenvalue weighted by atomic mass is 16.5. The number of likely N-dealkylation sites (tertiary alicyclic amines) is 1. The third-order valence-electron chi connectivity index (χ3n) is 7.23. The van der Waals surface area contributed by atoms with Gasteiger partial charge in [0.05, 0.1) is 13.7 Å². The third-order valence-corrected chi connectivity index (χ3v) is 7.23. The maximum absolute atomic E-state index is 13.2. The molecule has 10 heteroatoms. The van der Waals surface area contributed by atoms with E-state index in [1.807, 2.05) is 24.4 Å². The number of fused-ring (bicyclic) bond motifs is 2. The molecule has 0 N–H and O–H groups in total. The van der Waals surface area contributed by atoms with Crippen molar-refractivity contribution in [2.75, 3.05) is 40.4 Å². The van der Waals surface area contributed by atoms with E-state index in [1.54, 1.807) is 20.1 Å². The minimum Gasteiger partial charge on any atom is -0.492 e. The number of hydrogen-bond donors (Lipinski definition) is 0. The summed E-state index contributed by atoms with van der Waals surface area (Å²) in [5.41, 5.74) is 1.57. The monoisotopic (exact) mass is 493 g/mol. The van der Waals surface area contributed by atoms with Crippen LogP contribution in [0.1, 0.15) is 45.8 Å². The predicted octanol–water partition coefficient (Wildman–Crippen LogP) is 1.84. The highest BCUT2D eigenvalue weighted by molar-refractivity contribution is 5.94. The van der Waals surface area contributed by atoms with Crippen LogP contribution in [0.25, 0.3) is 5.65 Å². The van der Waals surface area contributed by atoms with E-state index in [-0.39, 0.29) is 29.3 Å². The summed E-state index contributed by atoms with van der Waals surface area (Å²) in [4.78, 5) is 47.5. The van der Waals surface area contributed by atoms with Gasteiger partial charge in [-0.2, -0.15) is 0 Å². The van der Waals surface area contributed by atoms with Crippen molar-refractivity contribution in [3.63, 3.8) is 0 Å². The Hall–Kier alpha value is -3.66. The van der Waals surface area contributed by atoms with Gasteiger partial charge in [-0.15, -0.1) is 0 Å². The number of methoxy groups -OCH3 is 1. The molecule has 0 unspecified atom stereocenters. The van der Waals surface area contributed by atoms with Crippen LogP contribution in [0.3, 0.4) is 0 Å². The van der Waals surface area contributed by atoms with Crippen LogP contribution in [0, 0.1) is 0 Å². The van der Waals surface area contributed by atoms with E-state index in [0.29, 0.717) is 49.2 Å². The predicted molar refractivity (Wildman–Crippen MR) is 133 cm³/mol. The fraction of sp³-hybridized carbons (Fsp3) is 0.462. The van der Waals surface area contributed by atoms with Gasteiger partial charge in [-0.3, -0.25) is 9.59 Å². The van der Waals surface area contributed by atoms with Crippen LogP contribution in [0.4, 0.5) is 0 Å². The van der Waals surface area contributed by atoms with E-state index in [1.165, 1.54) is 19.6 Å². The molecule has 190 valence electrons. The molecule has 5 heterocycles. The van der Waals surface area contributed by atoms with E-state index >= 15 is 0 Å². The molecular formula is C26H31N5O5. The van der Waals surface area contributed by atoms with Crippen LogP contribution in [0.15, 0.2) is 41.5 Å². The van der Waals surface area contributed by atoms with Crippen LogP contribution < -0.4 is 10.3 Å². The van der Waals surface area contributed by atoms with Crippen LogP contribution in [-0.2, 0) is 17.7 Å². The second-order valence-corrected chi connectivity index (χ2v) is 9.36. The summed E-state index contributed by atoms with van der Waals surface area (Å²) in [6.45, 7) is 2.41. The van der Waals surface area contributed by atoms with Gasteiger partial charge in [0.2, 0.25) is 0 Å². The Labute approximate surface area is 209 Å². The number of rotatable bonds is 6. The second-order valence-electron chi connectivity index (χ2n) is 9.36. The molecule has 36 heavy (non-hydrogen) atoms. The first kappa shape index (κ1) is 24.1. The summed E-state index contributed by atoms with van der Waals surface area (Å²) in [5.74, 6) is -0.512. The molecule has 5 rings (SSSR count). The normalized spacial score (nSPS) is 18.2. The number of carbonyl (C=O) groups is 2. The lowest BCUT2D eigenvalue weighted by Gasteiger charge is -2.21. The van der Waals surface area contributed by atoms with Crippen molar-refractivity contribution < 1.29 is 19.1 Å². The molecule has 3 aromatic rings. The van der Waals surface area contributed by atoms with Gasteiger partial charge in [-0.25, -0.2) is 9.78 Å². The first-order valence-corrected chi connectivity index (χ1v) is 12.4. The molecule has 0 saturated carbocycles. The number of carbonyl (C=O) groups excluding carboxylic acids is 2. The molecule has 2 aliphatic heterocycles. The zero-order chi connectivity index (χ0) is 25.2. The summed E-state index contributed by atoms with van der Waals surface area (Å²) in [7, 11) is 3.42. The fourth-order valence-electron chi connectivity index (χ4n) is 5.24. The summed E-state index contributed by atoms with van der Waals surface area (Å²) < 4.78 is 14.4. The highest BCUT2D eigenvalue weighted by Gasteiger charge is 2.29. The van der Waals surface area contributed by atoms with Gasteiger partial charge in [0, 0.05) is 56.3 Å². The number of ether oxygens (including phenoxy) is 2. The molecule has 0 aromatic carbocycles. The van der Waals surface area contributed by atoms with Crippen molar-refractivity contribution in [2.24, 2.45) is 0 Å². The average molecular weight is 494 g/mol. The lowest BCUT2D eigenvalue weighted by Crippen LogP contribution is -2.34. The van der Waals surface area contributed by atoms with Gasteiger partial charge >= 0.3 is 5.97 Å². The van der Waals surface area contributed by atoms with Crippen molar-refractivity contribution in [1.29, 1.82) is 0 Å². The fourth-order valence-corrected chi connectivity index (χ4v) is 5.24. The Morgan fingerprint density at radius 1 is 1.17 bits per heavy atom. The summed E-state index contributed by atoms with van der Waals surface area (Å²) in [5, 5.41) is 0. The Balaban J connectivity index is 1.38. The molecule has 0 aliphatic carbocycles. The van der Waals surface area contributed by atoms with E-state index in [0.717, 1.165) is 19.4 Å². The lowest BCUT2D eigenvalue weighted by molar-refractivity contribution is 0.0592. The number of nitrogens with zero attached hydrogens (tertiary/aromatic N) is 5. The minimum absolute atomic E-state index is 0.212. The number of esters is 1. The van der Waals surface area contributed by atoms with Crippen LogP contribution in [-0.4, -0.2) is 82.1 Å². The molecular weight excluding hydrogens is 462 g/mol. The van der Waals surface area contributed by atoms with Crippen molar-refractivity contribution in [1.82, 2.24) is 23.8 Å². The number of amides is 1. The van der Waals surface area contributed by atoms with Gasteiger partial charge in [0.15, 0.2) is 0 Å². The molecule has 10 nitrogen and oxygen atoms in total. The number of pyridine rings is 2. The Bertz CT molecular complexity index is 1310. The van der Waals surface area contributed by atoms with E-state index in [9.17, 15) is 14.4 Å². The maximum Gasteiger partial charge on any atom is 0.343 e. The molecule has 2 aliphatic rings. The van der Waals surface area contributed by atoms with Crippen molar-refractivity contribution in [2.45, 2.75) is 38.3 Å². The molecule has 0 bridgehead atoms. The first-order chi connectivity index (χ1) is 17.5. The third kappa shape index (κ3) is 4.60. The summed E-state index contributed by atoms with van der Waals surface area (Å²) >= 11 is 0. The number of aromatic nitrogens is 3. The lowest BCUT2D eigenvalue weighted by atomic mass is 10.1. The zero-order valence-electron chi connectivity index (χ0n) is 20.7. The Kier molecular flexibility index (Phi) is 6.77. The average Bonchev–Trinajstić information content (AvgIpc) is 3.43. The number of hydrogen-bond acceptors (Lipinski definition) is 7. The SMILES string of the molecule is COC(=O)c1c(OCC[C@H]2CCCN2C)cc(=O)n2c1CCN(C(=O)c1cn3ccccc3n1)CC2. The molecule has 1 amide bonds. The summed E-state index contributed by atoms with van der Waals surface area (Å²) in [6, 6.07) is 7.38. The molecule has 1 fully saturated rings. The first-order valence-electron chi connectivity index (χ1n) is 12.4. The smallest absolute Gasteiger partial charge is 0.343 e. The highest BCUT2D eigenvalue weighted by Crippen LogP contribution is 2.26. The van der Waals surface area contributed by atoms with Crippen molar-refractivity contribution in [3.8, 4) is 5.75 Å². The molecule has 1 saturated heterocycles. The zero-order valence-corrected chi connectivity index (χ0v) is 20.7. The molecule has 1 atom stereocenters. The van der Waals surface area contributed by atoms with Gasteiger partial charge in [0.1, 0.15) is 22.7 Å². The molecule has 0 radical (unpaired) electrons. The Morgan fingerprint density at radius 2 is 2.03 bits per heavy atom. The van der Waals surface area contributed by atoms with Gasteiger partial charge in [-0.1, -0.05) is 6.07 Å². The van der Waals surface area contributed by atoms with Gasteiger partial charge in [0.25, 0.3) is 11.5 Å². The maximum atomic E-state index is 13.2. The van der Waals surface area contributed by atoms with Gasteiger partial charge < -0.3 is 28.2 Å². The van der Waals surface area contributed by atoms with Crippen molar-refractivity contribution in [3.05, 3.63) is 64.0 Å². The minimum atomic E-state index is -0.549. The second kappa shape index (κ2) is 10.1. The quantitative estimate of drug-likeness (QED) is 0.483. The van der Waals surface area contributed by atoms with E-state index in [4.69, 9.17) is 9.47 Å². The van der Waals surface area contributed by atoms with Crippen molar-refractivity contribution >= 4 is 17.5 Å². The van der Waals surface area contributed by atoms with Crippen LogP contribution in [0.5, 0.6) is 5.75 Å². The standard InChI is InChI=1S/C26H31N5O5/c1-28-10-5-6-18(28)9-15-36-21-16-23(32)31-14-13-29(12-8-20(31)24(21)26(34)35-2)25(33)19-17-30-11-4-3-7-22(30)27-19/h3-4,7,11,16-18H,5-6,8-10,12-15H2,1-2H3/t18-/m1/s1. The van der Waals surface area contributed by atoms with E-state index in [2.05, 4.69) is 16.9 Å².